The zero-order chi connectivity index (χ0) is 16.4. The summed E-state index contributed by atoms with van der Waals surface area (Å²) in [5.41, 5.74) is 3.18. The van der Waals surface area contributed by atoms with Gasteiger partial charge in [0.15, 0.2) is 5.65 Å². The lowest BCUT2D eigenvalue weighted by molar-refractivity contribution is 0.0950. The summed E-state index contributed by atoms with van der Waals surface area (Å²) in [5.74, 6) is -0.135. The van der Waals surface area contributed by atoms with Gasteiger partial charge < -0.3 is 9.88 Å². The minimum absolute atomic E-state index is 0.135. The Balaban J connectivity index is 1.47. The molecule has 0 aliphatic carbocycles. The number of aromatic nitrogens is 5. The minimum Gasteiger partial charge on any atom is -0.346 e. The Hall–Kier alpha value is -3.48. The fraction of sp³-hybridized carbons (Fsp3) is 0.0588. The third-order valence-corrected chi connectivity index (χ3v) is 3.74. The van der Waals surface area contributed by atoms with Gasteiger partial charge in [-0.3, -0.25) is 4.79 Å². The molecule has 0 aliphatic heterocycles. The maximum Gasteiger partial charge on any atom is 0.251 e. The summed E-state index contributed by atoms with van der Waals surface area (Å²) >= 11 is 0. The van der Waals surface area contributed by atoms with E-state index in [0.29, 0.717) is 12.1 Å². The van der Waals surface area contributed by atoms with E-state index in [1.54, 1.807) is 29.2 Å². The number of fused-ring (bicyclic) bond motifs is 1. The van der Waals surface area contributed by atoms with E-state index in [-0.39, 0.29) is 5.91 Å². The molecular formula is C17H14N6O. The van der Waals surface area contributed by atoms with Gasteiger partial charge in [0.05, 0.1) is 18.6 Å². The van der Waals surface area contributed by atoms with Crippen LogP contribution < -0.4 is 5.32 Å². The average molecular weight is 318 g/mol. The predicted octanol–water partition coefficient (Wildman–Crippen LogP) is 1.84. The SMILES string of the molecule is O=C(NCc1cccc2ncnn12)c1ccc(-n2ccnc2)cc1. The van der Waals surface area contributed by atoms with Gasteiger partial charge in [0, 0.05) is 23.6 Å². The van der Waals surface area contributed by atoms with Crippen molar-refractivity contribution in [3.8, 4) is 5.69 Å². The minimum atomic E-state index is -0.135. The second-order valence-corrected chi connectivity index (χ2v) is 5.25. The molecule has 0 radical (unpaired) electrons. The van der Waals surface area contributed by atoms with Crippen LogP contribution in [-0.2, 0) is 6.54 Å². The number of benzene rings is 1. The van der Waals surface area contributed by atoms with Crippen LogP contribution in [0.25, 0.3) is 11.3 Å². The van der Waals surface area contributed by atoms with E-state index in [4.69, 9.17) is 0 Å². The Bertz CT molecular complexity index is 972. The van der Waals surface area contributed by atoms with Crippen molar-refractivity contribution in [3.05, 3.63) is 78.8 Å². The van der Waals surface area contributed by atoms with Crippen LogP contribution in [0, 0.1) is 0 Å². The van der Waals surface area contributed by atoms with E-state index in [2.05, 4.69) is 20.4 Å². The highest BCUT2D eigenvalue weighted by atomic mass is 16.1. The zero-order valence-corrected chi connectivity index (χ0v) is 12.7. The van der Waals surface area contributed by atoms with Crippen molar-refractivity contribution in [1.82, 2.24) is 29.5 Å². The molecule has 7 nitrogen and oxygen atoms in total. The first-order valence-corrected chi connectivity index (χ1v) is 7.45. The number of nitrogens with one attached hydrogen (secondary N) is 1. The van der Waals surface area contributed by atoms with Crippen LogP contribution >= 0.6 is 0 Å². The first-order chi connectivity index (χ1) is 11.8. The Morgan fingerprint density at radius 2 is 2.00 bits per heavy atom. The smallest absolute Gasteiger partial charge is 0.251 e. The number of carbonyl (C=O) groups excluding carboxylic acids is 1. The van der Waals surface area contributed by atoms with Crippen molar-refractivity contribution in [2.75, 3.05) is 0 Å². The maximum atomic E-state index is 12.3. The van der Waals surface area contributed by atoms with Crippen molar-refractivity contribution < 1.29 is 4.79 Å². The molecule has 0 unspecified atom stereocenters. The molecule has 4 aromatic rings. The number of hydrogen-bond acceptors (Lipinski definition) is 4. The van der Waals surface area contributed by atoms with Gasteiger partial charge in [-0.1, -0.05) is 6.07 Å². The largest absolute Gasteiger partial charge is 0.346 e. The van der Waals surface area contributed by atoms with Gasteiger partial charge in [-0.05, 0) is 36.4 Å². The molecule has 7 heteroatoms. The highest BCUT2D eigenvalue weighted by Gasteiger charge is 2.08. The average Bonchev–Trinajstić information content (AvgIpc) is 3.31. The third-order valence-electron chi connectivity index (χ3n) is 3.74. The highest BCUT2D eigenvalue weighted by Crippen LogP contribution is 2.10. The lowest BCUT2D eigenvalue weighted by atomic mass is 10.2. The fourth-order valence-electron chi connectivity index (χ4n) is 2.50. The van der Waals surface area contributed by atoms with Crippen molar-refractivity contribution in [3.63, 3.8) is 0 Å². The number of nitrogens with zero attached hydrogens (tertiary/aromatic N) is 5. The molecule has 0 saturated heterocycles. The summed E-state index contributed by atoms with van der Waals surface area (Å²) < 4.78 is 3.59. The Morgan fingerprint density at radius 3 is 2.79 bits per heavy atom. The highest BCUT2D eigenvalue weighted by molar-refractivity contribution is 5.94. The number of pyridine rings is 1. The predicted molar refractivity (Wildman–Crippen MR) is 87.7 cm³/mol. The lowest BCUT2D eigenvalue weighted by Crippen LogP contribution is -2.24. The molecule has 1 amide bonds. The molecule has 0 saturated carbocycles. The summed E-state index contributed by atoms with van der Waals surface area (Å²) in [6.45, 7) is 0.378. The van der Waals surface area contributed by atoms with Crippen LogP contribution in [0.15, 0.2) is 67.5 Å². The molecule has 24 heavy (non-hydrogen) atoms. The third kappa shape index (κ3) is 2.63. The molecule has 1 aromatic carbocycles. The second kappa shape index (κ2) is 5.96. The summed E-state index contributed by atoms with van der Waals surface area (Å²) in [7, 11) is 0. The van der Waals surface area contributed by atoms with Gasteiger partial charge in [0.2, 0.25) is 0 Å². The molecule has 0 spiro atoms. The normalized spacial score (nSPS) is 10.8. The second-order valence-electron chi connectivity index (χ2n) is 5.25. The Labute approximate surface area is 137 Å². The first kappa shape index (κ1) is 14.1. The lowest BCUT2D eigenvalue weighted by Gasteiger charge is -2.08. The van der Waals surface area contributed by atoms with Crippen molar-refractivity contribution in [2.24, 2.45) is 0 Å². The van der Waals surface area contributed by atoms with Crippen LogP contribution in [0.2, 0.25) is 0 Å². The van der Waals surface area contributed by atoms with E-state index in [9.17, 15) is 4.79 Å². The van der Waals surface area contributed by atoms with E-state index in [1.165, 1.54) is 6.33 Å². The first-order valence-electron chi connectivity index (χ1n) is 7.45. The number of imidazole rings is 1. The van der Waals surface area contributed by atoms with Gasteiger partial charge in [-0.2, -0.15) is 5.10 Å². The number of rotatable bonds is 4. The summed E-state index contributed by atoms with van der Waals surface area (Å²) in [6, 6.07) is 13.0. The monoisotopic (exact) mass is 318 g/mol. The summed E-state index contributed by atoms with van der Waals surface area (Å²) in [4.78, 5) is 20.5. The van der Waals surface area contributed by atoms with Gasteiger partial charge in [-0.25, -0.2) is 14.5 Å². The quantitative estimate of drug-likeness (QED) is 0.623. The standard InChI is InChI=1S/C17H14N6O/c24-17(13-4-6-14(7-5-13)22-9-8-18-12-22)19-10-15-2-1-3-16-20-11-21-23(15)16/h1-9,11-12H,10H2,(H,19,24). The molecule has 0 atom stereocenters. The summed E-state index contributed by atoms with van der Waals surface area (Å²) in [6.07, 6.45) is 6.78. The van der Waals surface area contributed by atoms with Crippen molar-refractivity contribution in [1.29, 1.82) is 0 Å². The zero-order valence-electron chi connectivity index (χ0n) is 12.7. The topological polar surface area (TPSA) is 77.1 Å². The number of amides is 1. The van der Waals surface area contributed by atoms with E-state index < -0.39 is 0 Å². The number of hydrogen-bond donors (Lipinski definition) is 1. The molecule has 4 rings (SSSR count). The molecular weight excluding hydrogens is 304 g/mol. The van der Waals surface area contributed by atoms with E-state index in [1.807, 2.05) is 41.1 Å². The van der Waals surface area contributed by atoms with Crippen LogP contribution in [-0.4, -0.2) is 30.1 Å². The van der Waals surface area contributed by atoms with Crippen LogP contribution in [0.5, 0.6) is 0 Å². The van der Waals surface area contributed by atoms with Gasteiger partial charge in [0.1, 0.15) is 6.33 Å². The van der Waals surface area contributed by atoms with E-state index in [0.717, 1.165) is 17.0 Å². The molecule has 0 aliphatic rings. The fourth-order valence-corrected chi connectivity index (χ4v) is 2.50. The van der Waals surface area contributed by atoms with Gasteiger partial charge in [-0.15, -0.1) is 0 Å². The number of carbonyl (C=O) groups is 1. The maximum absolute atomic E-state index is 12.3. The molecule has 0 fully saturated rings. The van der Waals surface area contributed by atoms with Crippen molar-refractivity contribution >= 4 is 11.6 Å². The molecule has 118 valence electrons. The molecule has 3 aromatic heterocycles. The van der Waals surface area contributed by atoms with Gasteiger partial charge in [0.25, 0.3) is 5.91 Å². The molecule has 0 bridgehead atoms. The molecule has 1 N–H and O–H groups in total. The van der Waals surface area contributed by atoms with Crippen LogP contribution in [0.1, 0.15) is 16.1 Å². The van der Waals surface area contributed by atoms with Crippen molar-refractivity contribution in [2.45, 2.75) is 6.54 Å². The van der Waals surface area contributed by atoms with Crippen LogP contribution in [0.3, 0.4) is 0 Å². The van der Waals surface area contributed by atoms with Crippen LogP contribution in [0.4, 0.5) is 0 Å². The Kier molecular flexibility index (Phi) is 3.51. The summed E-state index contributed by atoms with van der Waals surface area (Å²) in [5, 5.41) is 7.06. The Morgan fingerprint density at radius 1 is 1.12 bits per heavy atom. The van der Waals surface area contributed by atoms with Gasteiger partial charge >= 0.3 is 0 Å². The van der Waals surface area contributed by atoms with E-state index >= 15 is 0 Å². The molecule has 3 heterocycles.